The Morgan fingerprint density at radius 2 is 2.23 bits per heavy atom. The van der Waals surface area contributed by atoms with Crippen LogP contribution in [0.2, 0.25) is 0 Å². The van der Waals surface area contributed by atoms with E-state index in [1.807, 2.05) is 6.92 Å². The van der Waals surface area contributed by atoms with E-state index in [0.29, 0.717) is 11.5 Å². The highest BCUT2D eigenvalue weighted by molar-refractivity contribution is 4.83. The molecule has 0 bridgehead atoms. The summed E-state index contributed by atoms with van der Waals surface area (Å²) in [5, 5.41) is 12.6. The summed E-state index contributed by atoms with van der Waals surface area (Å²) in [5.74, 6) is 0. The van der Waals surface area contributed by atoms with Gasteiger partial charge in [0.15, 0.2) is 0 Å². The molecule has 1 aliphatic carbocycles. The SMILES string of the molecule is C[C@@H](O)CN[C@H]1CCCC(C)(C)C1. The van der Waals surface area contributed by atoms with Crippen molar-refractivity contribution in [3.8, 4) is 0 Å². The van der Waals surface area contributed by atoms with Crippen molar-refractivity contribution in [1.82, 2.24) is 5.32 Å². The molecule has 0 unspecified atom stereocenters. The average molecular weight is 185 g/mol. The van der Waals surface area contributed by atoms with Crippen molar-refractivity contribution >= 4 is 0 Å². The Morgan fingerprint density at radius 3 is 2.77 bits per heavy atom. The maximum Gasteiger partial charge on any atom is 0.0636 e. The molecule has 1 rings (SSSR count). The van der Waals surface area contributed by atoms with Crippen molar-refractivity contribution in [2.24, 2.45) is 5.41 Å². The first kappa shape index (κ1) is 11.0. The lowest BCUT2D eigenvalue weighted by Gasteiger charge is -2.35. The van der Waals surface area contributed by atoms with Crippen LogP contribution in [-0.4, -0.2) is 23.8 Å². The van der Waals surface area contributed by atoms with Gasteiger partial charge in [-0.1, -0.05) is 20.3 Å². The fourth-order valence-corrected chi connectivity index (χ4v) is 2.21. The molecule has 1 fully saturated rings. The molecule has 2 atom stereocenters. The normalized spacial score (nSPS) is 30.0. The molecule has 2 nitrogen and oxygen atoms in total. The minimum atomic E-state index is -0.218. The third-order valence-electron chi connectivity index (χ3n) is 2.91. The summed E-state index contributed by atoms with van der Waals surface area (Å²) in [7, 11) is 0. The van der Waals surface area contributed by atoms with E-state index in [1.54, 1.807) is 0 Å². The van der Waals surface area contributed by atoms with Crippen LogP contribution in [0.25, 0.3) is 0 Å². The molecule has 1 saturated carbocycles. The Bertz CT molecular complexity index is 154. The van der Waals surface area contributed by atoms with Gasteiger partial charge in [-0.25, -0.2) is 0 Å². The molecule has 78 valence electrons. The first-order valence-corrected chi connectivity index (χ1v) is 5.41. The highest BCUT2D eigenvalue weighted by atomic mass is 16.3. The van der Waals surface area contributed by atoms with Crippen LogP contribution in [0.4, 0.5) is 0 Å². The second-order valence-corrected chi connectivity index (χ2v) is 5.21. The van der Waals surface area contributed by atoms with E-state index in [0.717, 1.165) is 6.54 Å². The molecule has 0 radical (unpaired) electrons. The number of hydrogen-bond acceptors (Lipinski definition) is 2. The molecule has 0 aromatic carbocycles. The van der Waals surface area contributed by atoms with Crippen molar-refractivity contribution in [2.75, 3.05) is 6.54 Å². The molecule has 13 heavy (non-hydrogen) atoms. The quantitative estimate of drug-likeness (QED) is 0.704. The summed E-state index contributed by atoms with van der Waals surface area (Å²) in [4.78, 5) is 0. The van der Waals surface area contributed by atoms with Gasteiger partial charge in [0.05, 0.1) is 6.10 Å². The zero-order valence-electron chi connectivity index (χ0n) is 9.14. The van der Waals surface area contributed by atoms with E-state index in [2.05, 4.69) is 19.2 Å². The van der Waals surface area contributed by atoms with Crippen LogP contribution in [0.15, 0.2) is 0 Å². The maximum atomic E-state index is 9.15. The number of aliphatic hydroxyl groups is 1. The summed E-state index contributed by atoms with van der Waals surface area (Å²) in [5.41, 5.74) is 0.495. The number of aliphatic hydroxyl groups excluding tert-OH is 1. The van der Waals surface area contributed by atoms with Gasteiger partial charge in [0, 0.05) is 12.6 Å². The smallest absolute Gasteiger partial charge is 0.0636 e. The largest absolute Gasteiger partial charge is 0.392 e. The lowest BCUT2D eigenvalue weighted by molar-refractivity contribution is 0.157. The molecular weight excluding hydrogens is 162 g/mol. The predicted molar refractivity (Wildman–Crippen MR) is 55.7 cm³/mol. The molecule has 2 N–H and O–H groups in total. The standard InChI is InChI=1S/C11H23NO/c1-9(13)8-12-10-5-4-6-11(2,3)7-10/h9-10,12-13H,4-8H2,1-3H3/t9-,10+/m1/s1. The fourth-order valence-electron chi connectivity index (χ4n) is 2.21. The molecule has 0 heterocycles. The van der Waals surface area contributed by atoms with Gasteiger partial charge in [0.25, 0.3) is 0 Å². The zero-order chi connectivity index (χ0) is 9.90. The van der Waals surface area contributed by atoms with Crippen LogP contribution < -0.4 is 5.32 Å². The monoisotopic (exact) mass is 185 g/mol. The Kier molecular flexibility index (Phi) is 3.74. The van der Waals surface area contributed by atoms with Crippen molar-refractivity contribution in [1.29, 1.82) is 0 Å². The van der Waals surface area contributed by atoms with E-state index < -0.39 is 0 Å². The summed E-state index contributed by atoms with van der Waals surface area (Å²) in [6.07, 6.45) is 4.98. The van der Waals surface area contributed by atoms with Crippen molar-refractivity contribution in [3.05, 3.63) is 0 Å². The lowest BCUT2D eigenvalue weighted by Crippen LogP contribution is -2.40. The van der Waals surface area contributed by atoms with E-state index in [-0.39, 0.29) is 6.10 Å². The molecule has 1 aliphatic rings. The van der Waals surface area contributed by atoms with Crippen molar-refractivity contribution in [3.63, 3.8) is 0 Å². The van der Waals surface area contributed by atoms with Crippen LogP contribution in [0.1, 0.15) is 46.5 Å². The lowest BCUT2D eigenvalue weighted by atomic mass is 9.75. The number of hydrogen-bond donors (Lipinski definition) is 2. The van der Waals surface area contributed by atoms with Crippen molar-refractivity contribution in [2.45, 2.75) is 58.6 Å². The Hall–Kier alpha value is -0.0800. The fraction of sp³-hybridized carbons (Fsp3) is 1.00. The highest BCUT2D eigenvalue weighted by Gasteiger charge is 2.27. The Balaban J connectivity index is 2.26. The van der Waals surface area contributed by atoms with E-state index >= 15 is 0 Å². The molecule has 0 spiro atoms. The van der Waals surface area contributed by atoms with Gasteiger partial charge < -0.3 is 10.4 Å². The number of rotatable bonds is 3. The van der Waals surface area contributed by atoms with E-state index in [4.69, 9.17) is 5.11 Å². The first-order chi connectivity index (χ1) is 5.99. The van der Waals surface area contributed by atoms with Crippen LogP contribution in [-0.2, 0) is 0 Å². The molecule has 0 aromatic heterocycles. The average Bonchev–Trinajstić information content (AvgIpc) is 1.99. The highest BCUT2D eigenvalue weighted by Crippen LogP contribution is 2.34. The Labute approximate surface area is 81.7 Å². The van der Waals surface area contributed by atoms with Crippen LogP contribution >= 0.6 is 0 Å². The molecule has 0 amide bonds. The summed E-state index contributed by atoms with van der Waals surface area (Å²) < 4.78 is 0. The summed E-state index contributed by atoms with van der Waals surface area (Å²) >= 11 is 0. The second-order valence-electron chi connectivity index (χ2n) is 5.21. The predicted octanol–water partition coefficient (Wildman–Crippen LogP) is 1.93. The zero-order valence-corrected chi connectivity index (χ0v) is 9.14. The van der Waals surface area contributed by atoms with Gasteiger partial charge in [-0.05, 0) is 31.6 Å². The van der Waals surface area contributed by atoms with Crippen LogP contribution in [0.5, 0.6) is 0 Å². The van der Waals surface area contributed by atoms with Gasteiger partial charge in [0.1, 0.15) is 0 Å². The summed E-state index contributed by atoms with van der Waals surface area (Å²) in [6, 6.07) is 0.623. The van der Waals surface area contributed by atoms with Crippen LogP contribution in [0, 0.1) is 5.41 Å². The minimum Gasteiger partial charge on any atom is -0.392 e. The second kappa shape index (κ2) is 4.43. The van der Waals surface area contributed by atoms with Crippen molar-refractivity contribution < 1.29 is 5.11 Å². The molecular formula is C11H23NO. The molecule has 2 heteroatoms. The van der Waals surface area contributed by atoms with Gasteiger partial charge in [-0.15, -0.1) is 0 Å². The molecule has 0 aromatic rings. The van der Waals surface area contributed by atoms with E-state index in [9.17, 15) is 0 Å². The third-order valence-corrected chi connectivity index (χ3v) is 2.91. The van der Waals surface area contributed by atoms with Crippen LogP contribution in [0.3, 0.4) is 0 Å². The Morgan fingerprint density at radius 1 is 1.54 bits per heavy atom. The number of nitrogens with one attached hydrogen (secondary N) is 1. The van der Waals surface area contributed by atoms with Gasteiger partial charge in [0.2, 0.25) is 0 Å². The van der Waals surface area contributed by atoms with Gasteiger partial charge >= 0.3 is 0 Å². The van der Waals surface area contributed by atoms with E-state index in [1.165, 1.54) is 25.7 Å². The maximum absolute atomic E-state index is 9.15. The third kappa shape index (κ3) is 4.10. The molecule has 0 saturated heterocycles. The topological polar surface area (TPSA) is 32.3 Å². The van der Waals surface area contributed by atoms with Gasteiger partial charge in [-0.3, -0.25) is 0 Å². The van der Waals surface area contributed by atoms with Gasteiger partial charge in [-0.2, -0.15) is 0 Å². The minimum absolute atomic E-state index is 0.218. The first-order valence-electron chi connectivity index (χ1n) is 5.41. The molecule has 0 aliphatic heterocycles. The summed E-state index contributed by atoms with van der Waals surface area (Å²) in [6.45, 7) is 7.24.